The van der Waals surface area contributed by atoms with Crippen LogP contribution in [0.5, 0.6) is 0 Å². The number of hydrogen-bond acceptors (Lipinski definition) is 3. The van der Waals surface area contributed by atoms with Crippen LogP contribution >= 0.6 is 0 Å². The molecule has 0 radical (unpaired) electrons. The van der Waals surface area contributed by atoms with E-state index in [1.165, 1.54) is 0 Å². The van der Waals surface area contributed by atoms with Crippen molar-refractivity contribution in [1.82, 2.24) is 12.3 Å². The summed E-state index contributed by atoms with van der Waals surface area (Å²) in [4.78, 5) is 8.33. The minimum atomic E-state index is -2.33. The third kappa shape index (κ3) is 631. The first-order chi connectivity index (χ1) is 1.73. The van der Waals surface area contributed by atoms with Gasteiger partial charge in [0.05, 0.1) is 0 Å². The van der Waals surface area contributed by atoms with Crippen molar-refractivity contribution < 1.29 is 52.7 Å². The number of quaternary nitrogens is 2. The molecule has 0 aliphatic carbocycles. The number of rotatable bonds is 0. The summed E-state index contributed by atoms with van der Waals surface area (Å²) in [6.07, 6.45) is -2.33. The molecule has 0 amide bonds. The van der Waals surface area contributed by atoms with Gasteiger partial charge in [0.25, 0.3) is 0 Å². The van der Waals surface area contributed by atoms with E-state index in [-0.39, 0.29) is 50.0 Å². The molecule has 0 aliphatic heterocycles. The van der Waals surface area contributed by atoms with Crippen LogP contribution in [0.4, 0.5) is 4.79 Å². The molecule has 0 saturated heterocycles. The molecule has 0 unspecified atom stereocenters. The van der Waals surface area contributed by atoms with Crippen LogP contribution < -0.4 is 22.5 Å². The molecular weight excluding hydrogens is 128 g/mol. The Labute approximate surface area is 70.9 Å². The molecule has 0 aliphatic rings. The van der Waals surface area contributed by atoms with Crippen molar-refractivity contribution in [3.05, 3.63) is 0 Å². The average Bonchev–Trinajstić information content (AvgIpc) is 0.811. The van der Waals surface area contributed by atoms with Gasteiger partial charge in [-0.05, 0) is 6.16 Å². The molecule has 6 heteroatoms. The molecule has 48 valence electrons. The van der Waals surface area contributed by atoms with Crippen LogP contribution in [0, 0.1) is 37.7 Å². The first kappa shape index (κ1) is 26.0. The number of carbonyl (C=O) groups is 1. The van der Waals surface area contributed by atoms with Crippen molar-refractivity contribution in [2.45, 2.75) is 0 Å². The van der Waals surface area contributed by atoms with Gasteiger partial charge in [-0.3, -0.25) is 0 Å². The van der Waals surface area contributed by atoms with E-state index in [2.05, 4.69) is 0 Å². The Morgan fingerprint density at radius 1 is 1.14 bits per heavy atom. The van der Waals surface area contributed by atoms with Crippen molar-refractivity contribution in [1.29, 1.82) is 0 Å². The van der Waals surface area contributed by atoms with E-state index in [4.69, 9.17) is 15.0 Å². The molecule has 8 N–H and O–H groups in total. The Morgan fingerprint density at radius 2 is 1.14 bits per heavy atom. The van der Waals surface area contributed by atoms with Crippen LogP contribution in [0.15, 0.2) is 0 Å². The van der Waals surface area contributed by atoms with Gasteiger partial charge >= 0.3 is 0 Å². The van der Waals surface area contributed by atoms with Gasteiger partial charge in [0.2, 0.25) is 0 Å². The van der Waals surface area contributed by atoms with Crippen LogP contribution in [-0.2, 0) is 0 Å². The van der Waals surface area contributed by atoms with Crippen molar-refractivity contribution in [2.24, 2.45) is 0 Å². The van der Waals surface area contributed by atoms with E-state index in [1.807, 2.05) is 0 Å². The molecule has 0 rings (SSSR count). The van der Waals surface area contributed by atoms with Gasteiger partial charge in [0, 0.05) is 37.7 Å². The maximum atomic E-state index is 8.33. The van der Waals surface area contributed by atoms with Crippen molar-refractivity contribution in [3.8, 4) is 0 Å². The summed E-state index contributed by atoms with van der Waals surface area (Å²) < 4.78 is 0. The maximum absolute atomic E-state index is 8.33. The van der Waals surface area contributed by atoms with E-state index in [1.54, 1.807) is 0 Å². The van der Waals surface area contributed by atoms with Gasteiger partial charge in [-0.15, -0.1) is 0 Å². The van der Waals surface area contributed by atoms with Crippen LogP contribution in [0.25, 0.3) is 0 Å². The van der Waals surface area contributed by atoms with Gasteiger partial charge in [-0.1, -0.05) is 0 Å². The molecule has 0 heterocycles. The number of hydrogen-bond donors (Lipinski definition) is 2. The molecule has 5 nitrogen and oxygen atoms in total. The Morgan fingerprint density at radius 3 is 1.14 bits per heavy atom. The second kappa shape index (κ2) is 16.1. The van der Waals surface area contributed by atoms with E-state index in [9.17, 15) is 0 Å². The predicted molar refractivity (Wildman–Crippen MR) is 17.4 cm³/mol. The first-order valence-electron chi connectivity index (χ1n) is 0.612. The smallest absolute Gasteiger partial charge is 0 e. The van der Waals surface area contributed by atoms with E-state index < -0.39 is 6.16 Å². The predicted octanol–water partition coefficient (Wildman–Crippen LogP) is -1.69. The first-order valence-corrected chi connectivity index (χ1v) is 0.612. The monoisotopic (exact) mass is 136 g/mol. The summed E-state index contributed by atoms with van der Waals surface area (Å²) in [6.45, 7) is 0. The maximum Gasteiger partial charge on any atom is 0 e. The molecule has 0 spiro atoms. The van der Waals surface area contributed by atoms with Crippen molar-refractivity contribution >= 4 is 6.16 Å². The Kier molecular flexibility index (Phi) is 59.9. The van der Waals surface area contributed by atoms with Crippen LogP contribution in [0.2, 0.25) is 0 Å². The molecule has 0 aromatic rings. The fourth-order valence-electron chi connectivity index (χ4n) is 0. The molecule has 7 heavy (non-hydrogen) atoms. The van der Waals surface area contributed by atoms with E-state index in [0.717, 1.165) is 0 Å². The molecule has 0 atom stereocenters. The van der Waals surface area contributed by atoms with Crippen LogP contribution in [0.3, 0.4) is 0 Å². The third-order valence-electron chi connectivity index (χ3n) is 0. The largest absolute Gasteiger partial charge is 0.652 e. The van der Waals surface area contributed by atoms with Crippen LogP contribution in [0.1, 0.15) is 0 Å². The van der Waals surface area contributed by atoms with Gasteiger partial charge < -0.3 is 27.3 Å². The fraction of sp³-hybridized carbons (Fsp3) is 0. The summed E-state index contributed by atoms with van der Waals surface area (Å²) in [5.41, 5.74) is 0. The minimum absolute atomic E-state index is 0. The van der Waals surface area contributed by atoms with Crippen molar-refractivity contribution in [3.63, 3.8) is 0 Å². The van der Waals surface area contributed by atoms with Gasteiger partial charge in [0.1, 0.15) is 0 Å². The Balaban J connectivity index is -0.0000000150. The second-order valence-electron chi connectivity index (χ2n) is 0.250. The number of carbonyl (C=O) groups excluding carboxylic acids is 1. The molecule has 0 saturated carbocycles. The molecule has 0 aromatic heterocycles. The summed E-state index contributed by atoms with van der Waals surface area (Å²) in [5.74, 6) is 0. The Bertz CT molecular complexity index is 35.9. The fourth-order valence-corrected chi connectivity index (χ4v) is 0. The minimum Gasteiger partial charge on any atom is -0.652 e. The van der Waals surface area contributed by atoms with Gasteiger partial charge in [0.15, 0.2) is 0 Å². The zero-order valence-corrected chi connectivity index (χ0v) is 4.79. The molecule has 0 bridgehead atoms. The Hall–Kier alpha value is 0.450. The molecular formula is CH8ArN2O3. The summed E-state index contributed by atoms with van der Waals surface area (Å²) in [6, 6.07) is 0. The SMILES string of the molecule is O=C([O-])[O-].[Ar].[NH4+].[NH4+]. The van der Waals surface area contributed by atoms with Gasteiger partial charge in [-0.2, -0.15) is 0 Å². The van der Waals surface area contributed by atoms with Crippen LogP contribution in [-0.4, -0.2) is 6.16 Å². The molecule has 0 aromatic carbocycles. The summed E-state index contributed by atoms with van der Waals surface area (Å²) >= 11 is 0. The van der Waals surface area contributed by atoms with Gasteiger partial charge in [-0.25, -0.2) is 0 Å². The normalized spacial score (nSPS) is 3.43. The number of carboxylic acid groups (broad SMARTS) is 2. The summed E-state index contributed by atoms with van der Waals surface area (Å²) in [5, 5.41) is 16.7. The molecule has 0 fully saturated rings. The van der Waals surface area contributed by atoms with E-state index in [0.29, 0.717) is 0 Å². The average molecular weight is 136 g/mol. The second-order valence-corrected chi connectivity index (χ2v) is 0.250. The quantitative estimate of drug-likeness (QED) is 0.410. The zero-order chi connectivity index (χ0) is 3.58. The third-order valence-corrected chi connectivity index (χ3v) is 0. The van der Waals surface area contributed by atoms with Crippen molar-refractivity contribution in [2.75, 3.05) is 0 Å². The topological polar surface area (TPSA) is 136 Å². The zero-order valence-electron chi connectivity index (χ0n) is 4.08. The summed E-state index contributed by atoms with van der Waals surface area (Å²) in [7, 11) is 0. The standard InChI is InChI=1S/CH2O3.Ar.2H3N/c2-1(3)4;;;/h(H2,2,3,4);;2*1H3. The van der Waals surface area contributed by atoms with E-state index >= 15 is 0 Å².